The molecule has 5 N–H and O–H groups in total. The first-order valence-corrected chi connectivity index (χ1v) is 4.30. The molecule has 1 atom stereocenters. The molecule has 1 rings (SSSR count). The second-order valence-electron chi connectivity index (χ2n) is 2.27. The first kappa shape index (κ1) is 10.5. The molecule has 6 nitrogen and oxygen atoms in total. The Morgan fingerprint density at radius 3 is 2.43 bits per heavy atom. The minimum atomic E-state index is -2.13. The van der Waals surface area contributed by atoms with E-state index in [0.29, 0.717) is 11.8 Å². The Morgan fingerprint density at radius 2 is 2.00 bits per heavy atom. The molecule has 0 aromatic carbocycles. The average Bonchev–Trinajstić information content (AvgIpc) is 2.01. The minimum absolute atomic E-state index is 0.0672. The van der Waals surface area contributed by atoms with Gasteiger partial charge in [-0.25, -0.2) is 19.2 Å². The molecule has 1 aromatic heterocycles. The second kappa shape index (κ2) is 4.09. The number of aliphatic carboxylic acids is 1. The third-order valence-corrected chi connectivity index (χ3v) is 1.95. The molecule has 76 valence electrons. The molecule has 0 bridgehead atoms. The van der Waals surface area contributed by atoms with E-state index in [4.69, 9.17) is 16.6 Å². The van der Waals surface area contributed by atoms with Crippen molar-refractivity contribution in [3.63, 3.8) is 0 Å². The lowest BCUT2D eigenvalue weighted by molar-refractivity contribution is -0.139. The third kappa shape index (κ3) is 2.73. The fourth-order valence-electron chi connectivity index (χ4n) is 0.658. The Balaban J connectivity index is 2.81. The van der Waals surface area contributed by atoms with Gasteiger partial charge in [0, 0.05) is 6.07 Å². The lowest BCUT2D eigenvalue weighted by atomic mass is 10.5. The van der Waals surface area contributed by atoms with E-state index in [2.05, 4.69) is 9.97 Å². The SMILES string of the molecule is Nc1cc(N)nc(SC(F)C(=O)O)n1. The maximum absolute atomic E-state index is 12.7. The molecule has 0 fully saturated rings. The highest BCUT2D eigenvalue weighted by molar-refractivity contribution is 8.00. The molecule has 1 heterocycles. The van der Waals surface area contributed by atoms with Crippen molar-refractivity contribution in [1.29, 1.82) is 0 Å². The Morgan fingerprint density at radius 1 is 1.50 bits per heavy atom. The summed E-state index contributed by atoms with van der Waals surface area (Å²) in [4.78, 5) is 17.4. The quantitative estimate of drug-likeness (QED) is 0.487. The van der Waals surface area contributed by atoms with Crippen LogP contribution in [0, 0.1) is 0 Å². The number of rotatable bonds is 3. The lowest BCUT2D eigenvalue weighted by Gasteiger charge is -2.02. The Labute approximate surface area is 82.5 Å². The van der Waals surface area contributed by atoms with Gasteiger partial charge in [-0.1, -0.05) is 0 Å². The van der Waals surface area contributed by atoms with E-state index >= 15 is 0 Å². The Bertz CT molecular complexity index is 341. The van der Waals surface area contributed by atoms with E-state index < -0.39 is 11.5 Å². The Hall–Kier alpha value is -1.57. The zero-order valence-corrected chi connectivity index (χ0v) is 7.66. The number of halogens is 1. The number of nitrogens with two attached hydrogens (primary N) is 2. The number of aromatic nitrogens is 2. The maximum atomic E-state index is 12.7. The fourth-order valence-corrected chi connectivity index (χ4v) is 1.26. The molecule has 14 heavy (non-hydrogen) atoms. The van der Waals surface area contributed by atoms with Crippen LogP contribution in [0.5, 0.6) is 0 Å². The van der Waals surface area contributed by atoms with Gasteiger partial charge in [0.25, 0.3) is 0 Å². The summed E-state index contributed by atoms with van der Waals surface area (Å²) in [6, 6.07) is 1.29. The van der Waals surface area contributed by atoms with Gasteiger partial charge in [0.05, 0.1) is 0 Å². The summed E-state index contributed by atoms with van der Waals surface area (Å²) in [5.41, 5.74) is 8.47. The van der Waals surface area contributed by atoms with Crippen molar-refractivity contribution in [3.05, 3.63) is 6.07 Å². The number of nitrogen functional groups attached to an aromatic ring is 2. The average molecular weight is 218 g/mol. The van der Waals surface area contributed by atoms with Crippen molar-refractivity contribution < 1.29 is 14.3 Å². The van der Waals surface area contributed by atoms with Gasteiger partial charge in [0.1, 0.15) is 11.6 Å². The van der Waals surface area contributed by atoms with Gasteiger partial charge in [-0.05, 0) is 11.8 Å². The molecule has 0 amide bonds. The van der Waals surface area contributed by atoms with Crippen molar-refractivity contribution in [1.82, 2.24) is 9.97 Å². The number of anilines is 2. The van der Waals surface area contributed by atoms with Crippen molar-refractivity contribution in [3.8, 4) is 0 Å². The highest BCUT2D eigenvalue weighted by Gasteiger charge is 2.19. The van der Waals surface area contributed by atoms with Crippen LogP contribution in [0.15, 0.2) is 11.2 Å². The van der Waals surface area contributed by atoms with Crippen LogP contribution in [0.3, 0.4) is 0 Å². The van der Waals surface area contributed by atoms with Gasteiger partial charge in [-0.2, -0.15) is 0 Å². The van der Waals surface area contributed by atoms with Gasteiger partial charge in [-0.3, -0.25) is 0 Å². The van der Waals surface area contributed by atoms with E-state index in [1.165, 1.54) is 6.07 Å². The van der Waals surface area contributed by atoms with E-state index in [0.717, 1.165) is 0 Å². The number of nitrogens with zero attached hydrogens (tertiary/aromatic N) is 2. The normalized spacial score (nSPS) is 12.4. The minimum Gasteiger partial charge on any atom is -0.478 e. The zero-order valence-electron chi connectivity index (χ0n) is 6.85. The number of hydrogen-bond donors (Lipinski definition) is 3. The monoisotopic (exact) mass is 218 g/mol. The lowest BCUT2D eigenvalue weighted by Crippen LogP contribution is -2.11. The Kier molecular flexibility index (Phi) is 3.07. The molecular weight excluding hydrogens is 211 g/mol. The van der Waals surface area contributed by atoms with Crippen LogP contribution in [0.25, 0.3) is 0 Å². The molecule has 0 spiro atoms. The second-order valence-corrected chi connectivity index (χ2v) is 3.29. The van der Waals surface area contributed by atoms with Crippen molar-refractivity contribution in [2.45, 2.75) is 10.7 Å². The number of carboxylic acid groups (broad SMARTS) is 1. The van der Waals surface area contributed by atoms with Crippen molar-refractivity contribution in [2.24, 2.45) is 0 Å². The van der Waals surface area contributed by atoms with Crippen LogP contribution in [0.1, 0.15) is 0 Å². The molecular formula is C6H7FN4O2S. The van der Waals surface area contributed by atoms with Crippen LogP contribution in [-0.2, 0) is 4.79 Å². The highest BCUT2D eigenvalue weighted by atomic mass is 32.2. The van der Waals surface area contributed by atoms with Crippen molar-refractivity contribution in [2.75, 3.05) is 11.5 Å². The van der Waals surface area contributed by atoms with Gasteiger partial charge in [0.2, 0.25) is 5.50 Å². The van der Waals surface area contributed by atoms with Gasteiger partial charge < -0.3 is 16.6 Å². The predicted octanol–water partition coefficient (Wildman–Crippen LogP) is 0.113. The standard InChI is InChI=1S/C6H7FN4O2S/c7-4(5(12)13)14-6-10-2(8)1-3(9)11-6/h1,4H,(H,12,13)(H4,8,9,10,11). The smallest absolute Gasteiger partial charge is 0.349 e. The van der Waals surface area contributed by atoms with Crippen LogP contribution in [-0.4, -0.2) is 26.5 Å². The molecule has 0 aliphatic heterocycles. The summed E-state index contributed by atoms with van der Waals surface area (Å²) in [6.45, 7) is 0. The first-order chi connectivity index (χ1) is 6.49. The maximum Gasteiger partial charge on any atom is 0.349 e. The first-order valence-electron chi connectivity index (χ1n) is 3.42. The molecule has 1 unspecified atom stereocenters. The summed E-state index contributed by atoms with van der Waals surface area (Å²) in [7, 11) is 0. The topological polar surface area (TPSA) is 115 Å². The molecule has 0 aliphatic carbocycles. The summed E-state index contributed by atoms with van der Waals surface area (Å²) < 4.78 is 12.7. The summed E-state index contributed by atoms with van der Waals surface area (Å²) in [6.07, 6.45) is 0. The zero-order chi connectivity index (χ0) is 10.7. The molecule has 0 saturated carbocycles. The number of carboxylic acids is 1. The van der Waals surface area contributed by atoms with Crippen LogP contribution < -0.4 is 11.5 Å². The van der Waals surface area contributed by atoms with Gasteiger partial charge in [0.15, 0.2) is 5.16 Å². The molecule has 1 aromatic rings. The van der Waals surface area contributed by atoms with Gasteiger partial charge in [-0.15, -0.1) is 0 Å². The van der Waals surface area contributed by atoms with E-state index in [-0.39, 0.29) is 16.8 Å². The number of thioether (sulfide) groups is 1. The molecule has 0 saturated heterocycles. The molecule has 8 heteroatoms. The number of carbonyl (C=O) groups is 1. The van der Waals surface area contributed by atoms with E-state index in [9.17, 15) is 9.18 Å². The fraction of sp³-hybridized carbons (Fsp3) is 0.167. The van der Waals surface area contributed by atoms with Crippen LogP contribution >= 0.6 is 11.8 Å². The number of alkyl halides is 1. The largest absolute Gasteiger partial charge is 0.478 e. The summed E-state index contributed by atoms with van der Waals surface area (Å²) in [5.74, 6) is -1.46. The molecule has 0 aliphatic rings. The summed E-state index contributed by atoms with van der Waals surface area (Å²) >= 11 is 0.332. The predicted molar refractivity (Wildman–Crippen MR) is 49.2 cm³/mol. The summed E-state index contributed by atoms with van der Waals surface area (Å²) in [5, 5.41) is 8.17. The van der Waals surface area contributed by atoms with Crippen LogP contribution in [0.2, 0.25) is 0 Å². The number of hydrogen-bond acceptors (Lipinski definition) is 6. The third-order valence-electron chi connectivity index (χ3n) is 1.15. The van der Waals surface area contributed by atoms with Crippen molar-refractivity contribution >= 4 is 29.4 Å². The molecule has 0 radical (unpaired) electrons. The highest BCUT2D eigenvalue weighted by Crippen LogP contribution is 2.22. The van der Waals surface area contributed by atoms with E-state index in [1.807, 2.05) is 0 Å². The van der Waals surface area contributed by atoms with Crippen LogP contribution in [0.4, 0.5) is 16.0 Å². The van der Waals surface area contributed by atoms with E-state index in [1.54, 1.807) is 0 Å². The van der Waals surface area contributed by atoms with Gasteiger partial charge >= 0.3 is 5.97 Å².